The molecule has 0 aliphatic carbocycles. The van der Waals surface area contributed by atoms with Gasteiger partial charge in [-0.25, -0.2) is 0 Å². The summed E-state index contributed by atoms with van der Waals surface area (Å²) in [5, 5.41) is 0. The van der Waals surface area contributed by atoms with E-state index in [2.05, 4.69) is 0 Å². The van der Waals surface area contributed by atoms with Gasteiger partial charge in [-0.3, -0.25) is 0 Å². The largest absolute Gasteiger partial charge is 0.329 e. The lowest BCUT2D eigenvalue weighted by Crippen LogP contribution is -2.40. The number of nitrogens with two attached hydrogens (primary N) is 4. The molecule has 0 unspecified atom stereocenters. The molecule has 0 aliphatic rings. The second-order valence-corrected chi connectivity index (χ2v) is 4.39. The van der Waals surface area contributed by atoms with Gasteiger partial charge in [-0.1, -0.05) is 0 Å². The lowest BCUT2D eigenvalue weighted by molar-refractivity contribution is 0.532. The fraction of sp³-hybridized carbons (Fsp3) is 1.00. The molecule has 0 amide bonds. The molecule has 0 saturated carbocycles. The van der Waals surface area contributed by atoms with Crippen molar-refractivity contribution in [3.05, 3.63) is 0 Å². The van der Waals surface area contributed by atoms with E-state index in [0.29, 0.717) is 13.1 Å². The van der Waals surface area contributed by atoms with Gasteiger partial charge >= 0.3 is 0 Å². The molecule has 4 heteroatoms. The first-order valence-electron chi connectivity index (χ1n) is 4.10. The molecule has 8 N–H and O–H groups in total. The van der Waals surface area contributed by atoms with Crippen molar-refractivity contribution in [2.45, 2.75) is 38.8 Å². The molecule has 0 radical (unpaired) electrons. The van der Waals surface area contributed by atoms with E-state index < -0.39 is 0 Å². The third kappa shape index (κ3) is 22.5. The Labute approximate surface area is 75.7 Å². The first kappa shape index (κ1) is 14.4. The van der Waals surface area contributed by atoms with Crippen molar-refractivity contribution in [3.8, 4) is 0 Å². The van der Waals surface area contributed by atoms with E-state index in [-0.39, 0.29) is 11.1 Å². The third-order valence-corrected chi connectivity index (χ3v) is 1.05. The SMILES string of the molecule is CC(C)(N)CN.CC(C)(N)CN. The van der Waals surface area contributed by atoms with Crippen molar-refractivity contribution in [1.29, 1.82) is 0 Å². The number of hydrogen-bond donors (Lipinski definition) is 4. The minimum Gasteiger partial charge on any atom is -0.329 e. The van der Waals surface area contributed by atoms with E-state index in [9.17, 15) is 0 Å². The normalized spacial score (nSPS) is 12.0. The lowest BCUT2D eigenvalue weighted by Gasteiger charge is -2.13. The molecule has 76 valence electrons. The highest BCUT2D eigenvalue weighted by Gasteiger charge is 2.04. The summed E-state index contributed by atoms with van der Waals surface area (Å²) in [5.41, 5.74) is 20.8. The molecule has 0 bridgehead atoms. The van der Waals surface area contributed by atoms with Gasteiger partial charge in [0, 0.05) is 24.2 Å². The highest BCUT2D eigenvalue weighted by Crippen LogP contribution is 1.88. The smallest absolute Gasteiger partial charge is 0.0221 e. The van der Waals surface area contributed by atoms with E-state index in [0.717, 1.165) is 0 Å². The monoisotopic (exact) mass is 176 g/mol. The van der Waals surface area contributed by atoms with Crippen molar-refractivity contribution in [1.82, 2.24) is 0 Å². The zero-order chi connectivity index (χ0) is 10.4. The Morgan fingerprint density at radius 1 is 0.750 bits per heavy atom. The van der Waals surface area contributed by atoms with Crippen LogP contribution in [0.2, 0.25) is 0 Å². The molecule has 4 nitrogen and oxygen atoms in total. The van der Waals surface area contributed by atoms with Crippen molar-refractivity contribution >= 4 is 0 Å². The Hall–Kier alpha value is -0.160. The second kappa shape index (κ2) is 5.48. The van der Waals surface area contributed by atoms with Crippen LogP contribution in [-0.2, 0) is 0 Å². The topological polar surface area (TPSA) is 104 Å². The third-order valence-electron chi connectivity index (χ3n) is 1.05. The maximum atomic E-state index is 5.41. The van der Waals surface area contributed by atoms with Crippen LogP contribution in [0.5, 0.6) is 0 Å². The predicted molar refractivity (Wildman–Crippen MR) is 54.6 cm³/mol. The summed E-state index contributed by atoms with van der Waals surface area (Å²) in [6, 6.07) is 0. The van der Waals surface area contributed by atoms with Gasteiger partial charge in [-0.05, 0) is 27.7 Å². The fourth-order valence-electron chi connectivity index (χ4n) is 0. The van der Waals surface area contributed by atoms with Crippen LogP contribution in [0.3, 0.4) is 0 Å². The van der Waals surface area contributed by atoms with Crippen molar-refractivity contribution in [2.75, 3.05) is 13.1 Å². The van der Waals surface area contributed by atoms with Gasteiger partial charge in [0.05, 0.1) is 0 Å². The summed E-state index contributed by atoms with van der Waals surface area (Å²) in [6.45, 7) is 8.68. The molecular formula is C8H24N4. The van der Waals surface area contributed by atoms with Crippen LogP contribution in [0.4, 0.5) is 0 Å². The molecule has 0 aromatic rings. The van der Waals surface area contributed by atoms with Crippen LogP contribution >= 0.6 is 0 Å². The Morgan fingerprint density at radius 2 is 0.833 bits per heavy atom. The van der Waals surface area contributed by atoms with Crippen LogP contribution in [0.25, 0.3) is 0 Å². The van der Waals surface area contributed by atoms with Crippen LogP contribution in [0.15, 0.2) is 0 Å². The Morgan fingerprint density at radius 3 is 0.833 bits per heavy atom. The summed E-state index contributed by atoms with van der Waals surface area (Å²) in [4.78, 5) is 0. The van der Waals surface area contributed by atoms with Crippen LogP contribution in [-0.4, -0.2) is 24.2 Å². The molecule has 12 heavy (non-hydrogen) atoms. The molecule has 0 spiro atoms. The summed E-state index contributed by atoms with van der Waals surface area (Å²) in [5.74, 6) is 0. The van der Waals surface area contributed by atoms with Gasteiger partial charge in [0.15, 0.2) is 0 Å². The molecular weight excluding hydrogens is 152 g/mol. The lowest BCUT2D eigenvalue weighted by atomic mass is 10.1. The average molecular weight is 176 g/mol. The fourth-order valence-corrected chi connectivity index (χ4v) is 0. The first-order valence-corrected chi connectivity index (χ1v) is 4.10. The molecule has 0 heterocycles. The minimum atomic E-state index is -0.181. The van der Waals surface area contributed by atoms with Crippen molar-refractivity contribution in [3.63, 3.8) is 0 Å². The van der Waals surface area contributed by atoms with E-state index in [1.807, 2.05) is 27.7 Å². The predicted octanol–water partition coefficient (Wildman–Crippen LogP) is -0.635. The number of rotatable bonds is 2. The first-order chi connectivity index (χ1) is 5.12. The maximum Gasteiger partial charge on any atom is 0.0221 e. The summed E-state index contributed by atoms with van der Waals surface area (Å²) in [7, 11) is 0. The molecule has 0 atom stereocenters. The highest BCUT2D eigenvalue weighted by atomic mass is 14.8. The standard InChI is InChI=1S/2C4H12N2/c2*1-4(2,6)3-5/h2*3,5-6H2,1-2H3. The Bertz CT molecular complexity index is 84.6. The van der Waals surface area contributed by atoms with Gasteiger partial charge < -0.3 is 22.9 Å². The van der Waals surface area contributed by atoms with Crippen molar-refractivity contribution in [2.24, 2.45) is 22.9 Å². The molecule has 0 fully saturated rings. The van der Waals surface area contributed by atoms with E-state index in [1.165, 1.54) is 0 Å². The minimum absolute atomic E-state index is 0.181. The van der Waals surface area contributed by atoms with Gasteiger partial charge in [-0.15, -0.1) is 0 Å². The van der Waals surface area contributed by atoms with Crippen LogP contribution in [0, 0.1) is 0 Å². The maximum absolute atomic E-state index is 5.41. The van der Waals surface area contributed by atoms with E-state index in [4.69, 9.17) is 22.9 Å². The summed E-state index contributed by atoms with van der Waals surface area (Å²) >= 11 is 0. The Balaban J connectivity index is 0. The molecule has 0 saturated heterocycles. The van der Waals surface area contributed by atoms with Gasteiger partial charge in [0.1, 0.15) is 0 Å². The zero-order valence-corrected chi connectivity index (χ0v) is 8.72. The van der Waals surface area contributed by atoms with Crippen molar-refractivity contribution < 1.29 is 0 Å². The molecule has 0 aromatic heterocycles. The van der Waals surface area contributed by atoms with Crippen LogP contribution < -0.4 is 22.9 Å². The van der Waals surface area contributed by atoms with E-state index >= 15 is 0 Å². The Kier molecular flexibility index (Phi) is 6.56. The summed E-state index contributed by atoms with van der Waals surface area (Å²) < 4.78 is 0. The number of hydrogen-bond acceptors (Lipinski definition) is 4. The van der Waals surface area contributed by atoms with E-state index in [1.54, 1.807) is 0 Å². The highest BCUT2D eigenvalue weighted by molar-refractivity contribution is 4.71. The average Bonchev–Trinajstić information content (AvgIpc) is 1.86. The zero-order valence-electron chi connectivity index (χ0n) is 8.72. The van der Waals surface area contributed by atoms with Gasteiger partial charge in [-0.2, -0.15) is 0 Å². The van der Waals surface area contributed by atoms with Gasteiger partial charge in [0.2, 0.25) is 0 Å². The quantitative estimate of drug-likeness (QED) is 0.449. The summed E-state index contributed by atoms with van der Waals surface area (Å²) in [6.07, 6.45) is 0. The molecule has 0 rings (SSSR count). The second-order valence-electron chi connectivity index (χ2n) is 4.39. The van der Waals surface area contributed by atoms with Gasteiger partial charge in [0.25, 0.3) is 0 Å². The molecule has 0 aliphatic heterocycles. The molecule has 0 aromatic carbocycles. The van der Waals surface area contributed by atoms with Crippen LogP contribution in [0.1, 0.15) is 27.7 Å².